The molecule has 0 saturated carbocycles. The predicted molar refractivity (Wildman–Crippen MR) is 104 cm³/mol. The maximum Gasteiger partial charge on any atom is 0.451 e. The van der Waals surface area contributed by atoms with Gasteiger partial charge in [0, 0.05) is 18.0 Å². The van der Waals surface area contributed by atoms with E-state index in [2.05, 4.69) is 10.8 Å². The topological polar surface area (TPSA) is 47.2 Å². The molecule has 0 spiro atoms. The van der Waals surface area contributed by atoms with Crippen LogP contribution in [-0.4, -0.2) is 15.8 Å². The fourth-order valence-electron chi connectivity index (χ4n) is 3.01. The van der Waals surface area contributed by atoms with E-state index in [-0.39, 0.29) is 5.75 Å². The van der Waals surface area contributed by atoms with Gasteiger partial charge in [0.2, 0.25) is 0 Å². The number of halogens is 3. The van der Waals surface area contributed by atoms with Crippen LogP contribution in [0, 0.1) is 11.3 Å². The Labute approximate surface area is 163 Å². The number of fused-ring (bicyclic) bond motifs is 1. The Bertz CT molecular complexity index is 986. The zero-order valence-electron chi connectivity index (χ0n) is 14.1. The summed E-state index contributed by atoms with van der Waals surface area (Å²) < 4.78 is 34.6. The number of nitriles is 1. The van der Waals surface area contributed by atoms with Crippen molar-refractivity contribution in [3.8, 4) is 28.8 Å². The highest BCUT2D eigenvalue weighted by molar-refractivity contribution is 14.1. The van der Waals surface area contributed by atoms with Crippen LogP contribution in [-0.2, 0) is 6.54 Å². The van der Waals surface area contributed by atoms with E-state index in [0.717, 1.165) is 44.8 Å². The lowest BCUT2D eigenvalue weighted by Gasteiger charge is -2.12. The third kappa shape index (κ3) is 3.46. The highest BCUT2D eigenvalue weighted by Crippen LogP contribution is 2.36. The summed E-state index contributed by atoms with van der Waals surface area (Å²) in [6, 6.07) is 14.1. The molecule has 4 nitrogen and oxygen atoms in total. The lowest BCUT2D eigenvalue weighted by Crippen LogP contribution is -2.14. The Morgan fingerprint density at radius 3 is 2.35 bits per heavy atom. The van der Waals surface area contributed by atoms with Gasteiger partial charge in [-0.3, -0.25) is 0 Å². The van der Waals surface area contributed by atoms with Gasteiger partial charge in [-0.2, -0.15) is 14.0 Å². The molecular formula is C19H15F2IN2O2. The largest absolute Gasteiger partial charge is 0.497 e. The van der Waals surface area contributed by atoms with Crippen LogP contribution in [0.3, 0.4) is 0 Å². The first-order valence-corrected chi connectivity index (χ1v) is 8.92. The van der Waals surface area contributed by atoms with E-state index in [0.29, 0.717) is 17.9 Å². The number of rotatable bonds is 5. The third-order valence-corrected chi connectivity index (χ3v) is 4.28. The normalized spacial score (nSPS) is 11.4. The summed E-state index contributed by atoms with van der Waals surface area (Å²) in [5.41, 5.74) is 2.92. The van der Waals surface area contributed by atoms with Crippen molar-refractivity contribution in [3.63, 3.8) is 0 Å². The van der Waals surface area contributed by atoms with Crippen LogP contribution >= 0.6 is 22.6 Å². The SMILES string of the molecule is CCn1c(-c2ccc(OC(F)(F)I)cc2)c(C#N)c2ccc(OC)cc21. The molecule has 134 valence electrons. The van der Waals surface area contributed by atoms with E-state index in [1.165, 1.54) is 12.1 Å². The van der Waals surface area contributed by atoms with Gasteiger partial charge in [0.25, 0.3) is 0 Å². The number of aryl methyl sites for hydroxylation is 1. The van der Waals surface area contributed by atoms with Gasteiger partial charge in [-0.15, -0.1) is 0 Å². The number of benzene rings is 2. The van der Waals surface area contributed by atoms with Crippen LogP contribution in [0.1, 0.15) is 12.5 Å². The first-order chi connectivity index (χ1) is 12.4. The van der Waals surface area contributed by atoms with Crippen molar-refractivity contribution in [2.24, 2.45) is 0 Å². The lowest BCUT2D eigenvalue weighted by atomic mass is 10.1. The van der Waals surface area contributed by atoms with Gasteiger partial charge in [0.1, 0.15) is 17.6 Å². The summed E-state index contributed by atoms with van der Waals surface area (Å²) >= 11 is 0.924. The molecule has 0 unspecified atom stereocenters. The molecule has 0 bridgehead atoms. The van der Waals surface area contributed by atoms with Gasteiger partial charge < -0.3 is 14.0 Å². The number of nitrogens with zero attached hydrogens (tertiary/aromatic N) is 2. The first-order valence-electron chi connectivity index (χ1n) is 7.84. The summed E-state index contributed by atoms with van der Waals surface area (Å²) in [5, 5.41) is 10.5. The average Bonchev–Trinajstić information content (AvgIpc) is 2.93. The van der Waals surface area contributed by atoms with Crippen molar-refractivity contribution in [2.45, 2.75) is 17.6 Å². The molecule has 1 heterocycles. The highest BCUT2D eigenvalue weighted by Gasteiger charge is 2.26. The number of ether oxygens (including phenoxy) is 2. The first kappa shape index (κ1) is 18.5. The minimum atomic E-state index is -3.27. The van der Waals surface area contributed by atoms with Crippen LogP contribution < -0.4 is 9.47 Å². The summed E-state index contributed by atoms with van der Waals surface area (Å²) in [5.74, 6) is 0.765. The quantitative estimate of drug-likeness (QED) is 0.363. The second-order valence-corrected chi connectivity index (χ2v) is 6.79. The molecule has 0 atom stereocenters. The van der Waals surface area contributed by atoms with Crippen molar-refractivity contribution in [1.82, 2.24) is 4.57 Å². The smallest absolute Gasteiger partial charge is 0.451 e. The van der Waals surface area contributed by atoms with E-state index in [9.17, 15) is 14.0 Å². The molecule has 3 rings (SSSR count). The summed E-state index contributed by atoms with van der Waals surface area (Å²) in [7, 11) is 1.59. The maximum absolute atomic E-state index is 13.0. The van der Waals surface area contributed by atoms with Crippen LogP contribution in [0.2, 0.25) is 0 Å². The second-order valence-electron chi connectivity index (χ2n) is 5.53. The molecule has 0 saturated heterocycles. The molecule has 2 aromatic carbocycles. The summed E-state index contributed by atoms with van der Waals surface area (Å²) in [6.45, 7) is 2.63. The Kier molecular flexibility index (Phi) is 5.05. The van der Waals surface area contributed by atoms with E-state index >= 15 is 0 Å². The minimum absolute atomic E-state index is 0.0625. The van der Waals surface area contributed by atoms with Gasteiger partial charge in [-0.05, 0) is 48.9 Å². The number of methoxy groups -OCH3 is 1. The van der Waals surface area contributed by atoms with E-state index in [4.69, 9.17) is 4.74 Å². The fourth-order valence-corrected chi connectivity index (χ4v) is 3.27. The Balaban J connectivity index is 2.16. The second kappa shape index (κ2) is 7.11. The van der Waals surface area contributed by atoms with E-state index in [1.54, 1.807) is 19.2 Å². The number of hydrogen-bond acceptors (Lipinski definition) is 3. The molecule has 7 heteroatoms. The molecule has 1 aromatic heterocycles. The van der Waals surface area contributed by atoms with Gasteiger partial charge in [0.05, 0.1) is 46.5 Å². The lowest BCUT2D eigenvalue weighted by molar-refractivity contribution is -0.0691. The van der Waals surface area contributed by atoms with Gasteiger partial charge >= 0.3 is 4.12 Å². The van der Waals surface area contributed by atoms with Crippen molar-refractivity contribution >= 4 is 33.5 Å². The standard InChI is InChI=1S/C19H15F2IN2O2/c1-3-24-17-10-14(25-2)8-9-15(17)16(11-23)18(24)12-4-6-13(7-5-12)26-19(20,21)22/h4-10H,3H2,1-2H3. The molecule has 0 aliphatic rings. The number of aromatic nitrogens is 1. The molecule has 0 N–H and O–H groups in total. The van der Waals surface area contributed by atoms with Crippen LogP contribution in [0.15, 0.2) is 42.5 Å². The van der Waals surface area contributed by atoms with Crippen molar-refractivity contribution < 1.29 is 18.3 Å². The molecule has 0 aliphatic heterocycles. The fraction of sp³-hybridized carbons (Fsp3) is 0.211. The van der Waals surface area contributed by atoms with E-state index < -0.39 is 4.12 Å². The Hall–Kier alpha value is -2.34. The summed E-state index contributed by atoms with van der Waals surface area (Å²) in [4.78, 5) is 0. The Morgan fingerprint density at radius 1 is 1.15 bits per heavy atom. The number of hydrogen-bond donors (Lipinski definition) is 0. The zero-order chi connectivity index (χ0) is 18.9. The Morgan fingerprint density at radius 2 is 1.81 bits per heavy atom. The zero-order valence-corrected chi connectivity index (χ0v) is 16.3. The minimum Gasteiger partial charge on any atom is -0.497 e. The van der Waals surface area contributed by atoms with Crippen LogP contribution in [0.25, 0.3) is 22.2 Å². The molecule has 0 amide bonds. The molecule has 0 radical (unpaired) electrons. The summed E-state index contributed by atoms with van der Waals surface area (Å²) in [6.07, 6.45) is 0. The van der Waals surface area contributed by atoms with Crippen LogP contribution in [0.4, 0.5) is 8.78 Å². The molecule has 0 aliphatic carbocycles. The van der Waals surface area contributed by atoms with Gasteiger partial charge in [0.15, 0.2) is 0 Å². The van der Waals surface area contributed by atoms with Gasteiger partial charge in [-0.1, -0.05) is 0 Å². The van der Waals surface area contributed by atoms with Crippen molar-refractivity contribution in [1.29, 1.82) is 5.26 Å². The number of alkyl halides is 3. The molecule has 0 fully saturated rings. The molecular weight excluding hydrogens is 453 g/mol. The van der Waals surface area contributed by atoms with Gasteiger partial charge in [-0.25, -0.2) is 0 Å². The third-order valence-electron chi connectivity index (χ3n) is 4.06. The van der Waals surface area contributed by atoms with Crippen molar-refractivity contribution in [2.75, 3.05) is 7.11 Å². The average molecular weight is 468 g/mol. The predicted octanol–water partition coefficient (Wildman–Crippen LogP) is 5.57. The van der Waals surface area contributed by atoms with Crippen LogP contribution in [0.5, 0.6) is 11.5 Å². The maximum atomic E-state index is 13.0. The molecule has 26 heavy (non-hydrogen) atoms. The van der Waals surface area contributed by atoms with E-state index in [1.807, 2.05) is 29.7 Å². The molecule has 3 aromatic rings. The highest BCUT2D eigenvalue weighted by atomic mass is 127. The van der Waals surface area contributed by atoms with Crippen molar-refractivity contribution in [3.05, 3.63) is 48.0 Å². The monoisotopic (exact) mass is 468 g/mol.